The minimum atomic E-state index is 0.0731. The number of carbonyl (C=O) groups is 1. The highest BCUT2D eigenvalue weighted by molar-refractivity contribution is 5.76. The molecule has 1 amide bonds. The third-order valence-electron chi connectivity index (χ3n) is 4.26. The van der Waals surface area contributed by atoms with E-state index in [0.29, 0.717) is 19.6 Å². The van der Waals surface area contributed by atoms with Crippen molar-refractivity contribution in [2.45, 2.75) is 32.7 Å². The third kappa shape index (κ3) is 4.63. The van der Waals surface area contributed by atoms with Gasteiger partial charge in [-0.05, 0) is 30.7 Å². The van der Waals surface area contributed by atoms with Crippen molar-refractivity contribution in [2.75, 3.05) is 13.2 Å². The van der Waals surface area contributed by atoms with Gasteiger partial charge in [0.05, 0.1) is 17.6 Å². The zero-order chi connectivity index (χ0) is 18.2. The minimum absolute atomic E-state index is 0.0731. The lowest BCUT2D eigenvalue weighted by molar-refractivity contribution is -0.120. The Bertz CT molecular complexity index is 843. The number of fused-ring (bicyclic) bond motifs is 1. The summed E-state index contributed by atoms with van der Waals surface area (Å²) in [6.07, 6.45) is 2.12. The molecule has 1 aromatic heterocycles. The quantitative estimate of drug-likeness (QED) is 0.600. The van der Waals surface area contributed by atoms with E-state index in [2.05, 4.69) is 16.0 Å². The van der Waals surface area contributed by atoms with Gasteiger partial charge >= 0.3 is 0 Å². The summed E-state index contributed by atoms with van der Waals surface area (Å²) < 4.78 is 8.03. The fourth-order valence-electron chi connectivity index (χ4n) is 2.93. The third-order valence-corrected chi connectivity index (χ3v) is 4.26. The van der Waals surface area contributed by atoms with Gasteiger partial charge in [-0.25, -0.2) is 4.98 Å². The van der Waals surface area contributed by atoms with Crippen molar-refractivity contribution in [1.29, 1.82) is 0 Å². The second-order valence-corrected chi connectivity index (χ2v) is 6.14. The van der Waals surface area contributed by atoms with Gasteiger partial charge in [-0.3, -0.25) is 4.79 Å². The van der Waals surface area contributed by atoms with Gasteiger partial charge in [-0.15, -0.1) is 0 Å². The standard InChI is InChI=1S/C21H25N3O2/c1-2-21(25)22-14-13-20-23-18-11-6-7-12-19(18)24(20)15-8-16-26-17-9-4-3-5-10-17/h3-7,9-12H,2,8,13-16H2,1H3,(H,22,25). The van der Waals surface area contributed by atoms with Gasteiger partial charge in [0.2, 0.25) is 5.91 Å². The molecular weight excluding hydrogens is 326 g/mol. The molecule has 1 N–H and O–H groups in total. The summed E-state index contributed by atoms with van der Waals surface area (Å²) in [5.74, 6) is 1.97. The number of imidazole rings is 1. The van der Waals surface area contributed by atoms with Crippen LogP contribution in [0.15, 0.2) is 54.6 Å². The van der Waals surface area contributed by atoms with Gasteiger partial charge in [0.1, 0.15) is 11.6 Å². The van der Waals surface area contributed by atoms with E-state index in [1.165, 1.54) is 0 Å². The van der Waals surface area contributed by atoms with Crippen molar-refractivity contribution in [3.05, 3.63) is 60.4 Å². The summed E-state index contributed by atoms with van der Waals surface area (Å²) in [6, 6.07) is 18.0. The zero-order valence-electron chi connectivity index (χ0n) is 15.1. The van der Waals surface area contributed by atoms with Crippen LogP contribution in [0.25, 0.3) is 11.0 Å². The number of rotatable bonds is 9. The van der Waals surface area contributed by atoms with Gasteiger partial charge in [0, 0.05) is 25.9 Å². The molecule has 0 atom stereocenters. The van der Waals surface area contributed by atoms with E-state index in [1.54, 1.807) is 0 Å². The Morgan fingerprint density at radius 1 is 1.12 bits per heavy atom. The monoisotopic (exact) mass is 351 g/mol. The number of nitrogens with zero attached hydrogens (tertiary/aromatic N) is 2. The molecule has 0 bridgehead atoms. The van der Waals surface area contributed by atoms with Crippen LogP contribution in [0.3, 0.4) is 0 Å². The van der Waals surface area contributed by atoms with E-state index in [4.69, 9.17) is 9.72 Å². The molecule has 3 aromatic rings. The van der Waals surface area contributed by atoms with Crippen LogP contribution in [0.5, 0.6) is 5.75 Å². The largest absolute Gasteiger partial charge is 0.494 e. The molecule has 1 heterocycles. The lowest BCUT2D eigenvalue weighted by Gasteiger charge is -2.11. The molecule has 0 unspecified atom stereocenters. The summed E-state index contributed by atoms with van der Waals surface area (Å²) in [4.78, 5) is 16.2. The average Bonchev–Trinajstić information content (AvgIpc) is 3.03. The van der Waals surface area contributed by atoms with Crippen molar-refractivity contribution in [3.63, 3.8) is 0 Å². The number of ether oxygens (including phenoxy) is 1. The number of hydrogen-bond donors (Lipinski definition) is 1. The van der Waals surface area contributed by atoms with Crippen LogP contribution >= 0.6 is 0 Å². The first-order valence-corrected chi connectivity index (χ1v) is 9.16. The lowest BCUT2D eigenvalue weighted by Crippen LogP contribution is -2.25. The zero-order valence-corrected chi connectivity index (χ0v) is 15.1. The Balaban J connectivity index is 1.63. The smallest absolute Gasteiger partial charge is 0.219 e. The fraction of sp³-hybridized carbons (Fsp3) is 0.333. The number of aryl methyl sites for hydroxylation is 1. The number of hydrogen-bond acceptors (Lipinski definition) is 3. The van der Waals surface area contributed by atoms with Crippen molar-refractivity contribution in [3.8, 4) is 5.75 Å². The van der Waals surface area contributed by atoms with E-state index in [1.807, 2.05) is 55.5 Å². The van der Waals surface area contributed by atoms with Crippen molar-refractivity contribution in [2.24, 2.45) is 0 Å². The number of carbonyl (C=O) groups excluding carboxylic acids is 1. The maximum atomic E-state index is 11.4. The highest BCUT2D eigenvalue weighted by Gasteiger charge is 2.10. The number of amides is 1. The summed E-state index contributed by atoms with van der Waals surface area (Å²) in [5, 5.41) is 2.92. The van der Waals surface area contributed by atoms with Crippen LogP contribution in [0.1, 0.15) is 25.6 Å². The normalized spacial score (nSPS) is 10.8. The first-order chi connectivity index (χ1) is 12.8. The molecule has 0 fully saturated rings. The molecule has 136 valence electrons. The van der Waals surface area contributed by atoms with Crippen LogP contribution in [0.4, 0.5) is 0 Å². The molecule has 0 aliphatic carbocycles. The molecule has 5 nitrogen and oxygen atoms in total. The van der Waals surface area contributed by atoms with Crippen molar-refractivity contribution < 1.29 is 9.53 Å². The topological polar surface area (TPSA) is 56.2 Å². The van der Waals surface area contributed by atoms with Crippen LogP contribution < -0.4 is 10.1 Å². The molecule has 0 saturated carbocycles. The van der Waals surface area contributed by atoms with Gasteiger partial charge in [-0.1, -0.05) is 37.3 Å². The fourth-order valence-corrected chi connectivity index (χ4v) is 2.93. The summed E-state index contributed by atoms with van der Waals surface area (Å²) in [6.45, 7) is 3.96. The van der Waals surface area contributed by atoms with Gasteiger partial charge < -0.3 is 14.6 Å². The Kier molecular flexibility index (Phi) is 6.25. The Morgan fingerprint density at radius 2 is 1.88 bits per heavy atom. The maximum Gasteiger partial charge on any atom is 0.219 e. The predicted octanol–water partition coefficient (Wildman–Crippen LogP) is 3.57. The molecular formula is C21H25N3O2. The minimum Gasteiger partial charge on any atom is -0.494 e. The van der Waals surface area contributed by atoms with Crippen LogP contribution in [0.2, 0.25) is 0 Å². The number of nitrogens with one attached hydrogen (secondary N) is 1. The maximum absolute atomic E-state index is 11.4. The second kappa shape index (κ2) is 9.04. The predicted molar refractivity (Wildman–Crippen MR) is 103 cm³/mol. The molecule has 26 heavy (non-hydrogen) atoms. The molecule has 2 aromatic carbocycles. The summed E-state index contributed by atoms with van der Waals surface area (Å²) >= 11 is 0. The molecule has 3 rings (SSSR count). The van der Waals surface area contributed by atoms with Crippen LogP contribution in [0, 0.1) is 0 Å². The van der Waals surface area contributed by atoms with E-state index in [9.17, 15) is 4.79 Å². The van der Waals surface area contributed by atoms with E-state index in [0.717, 1.165) is 42.0 Å². The second-order valence-electron chi connectivity index (χ2n) is 6.14. The van der Waals surface area contributed by atoms with Gasteiger partial charge in [0.25, 0.3) is 0 Å². The molecule has 0 saturated heterocycles. The highest BCUT2D eigenvalue weighted by Crippen LogP contribution is 2.17. The van der Waals surface area contributed by atoms with Crippen molar-refractivity contribution in [1.82, 2.24) is 14.9 Å². The molecule has 0 spiro atoms. The highest BCUT2D eigenvalue weighted by atomic mass is 16.5. The summed E-state index contributed by atoms with van der Waals surface area (Å²) in [5.41, 5.74) is 2.12. The van der Waals surface area contributed by atoms with Gasteiger partial charge in [0.15, 0.2) is 0 Å². The van der Waals surface area contributed by atoms with Crippen molar-refractivity contribution >= 4 is 16.9 Å². The average molecular weight is 351 g/mol. The Labute approximate surface area is 154 Å². The summed E-state index contributed by atoms with van der Waals surface area (Å²) in [7, 11) is 0. The number of benzene rings is 2. The number of para-hydroxylation sites is 3. The molecule has 0 aliphatic rings. The van der Waals surface area contributed by atoms with Crippen LogP contribution in [-0.4, -0.2) is 28.6 Å². The molecule has 0 radical (unpaired) electrons. The first kappa shape index (κ1) is 18.0. The Hall–Kier alpha value is -2.82. The van der Waals surface area contributed by atoms with Gasteiger partial charge in [-0.2, -0.15) is 0 Å². The first-order valence-electron chi connectivity index (χ1n) is 9.16. The molecule has 0 aliphatic heterocycles. The van der Waals surface area contributed by atoms with E-state index >= 15 is 0 Å². The SMILES string of the molecule is CCC(=O)NCCc1nc2ccccc2n1CCCOc1ccccc1. The molecule has 5 heteroatoms. The van der Waals surface area contributed by atoms with E-state index in [-0.39, 0.29) is 5.91 Å². The Morgan fingerprint density at radius 3 is 2.69 bits per heavy atom. The lowest BCUT2D eigenvalue weighted by atomic mass is 10.3. The van der Waals surface area contributed by atoms with E-state index < -0.39 is 0 Å². The van der Waals surface area contributed by atoms with Crippen LogP contribution in [-0.2, 0) is 17.8 Å². The number of aromatic nitrogens is 2.